The van der Waals surface area contributed by atoms with Crippen molar-refractivity contribution in [1.82, 2.24) is 15.4 Å². The van der Waals surface area contributed by atoms with Crippen molar-refractivity contribution in [3.05, 3.63) is 28.3 Å². The lowest BCUT2D eigenvalue weighted by Crippen LogP contribution is -2.49. The molecule has 0 saturated carbocycles. The zero-order valence-corrected chi connectivity index (χ0v) is 18.5. The summed E-state index contributed by atoms with van der Waals surface area (Å²) in [5.74, 6) is -2.00. The van der Waals surface area contributed by atoms with Crippen LogP contribution >= 0.6 is 0 Å². The van der Waals surface area contributed by atoms with E-state index in [1.165, 1.54) is 11.0 Å². The van der Waals surface area contributed by atoms with E-state index in [2.05, 4.69) is 10.1 Å². The molecule has 0 radical (unpaired) electrons. The Bertz CT molecular complexity index is 969. The summed E-state index contributed by atoms with van der Waals surface area (Å²) < 4.78 is 31.2. The van der Waals surface area contributed by atoms with E-state index < -0.39 is 62.1 Å². The second kappa shape index (κ2) is 10.2. The molecule has 0 saturated heterocycles. The summed E-state index contributed by atoms with van der Waals surface area (Å²) in [4.78, 5) is 46.4. The Morgan fingerprint density at radius 2 is 1.81 bits per heavy atom. The van der Waals surface area contributed by atoms with E-state index in [0.717, 1.165) is 12.1 Å². The highest BCUT2D eigenvalue weighted by molar-refractivity contribution is 7.89. The molecule has 0 bridgehead atoms. The van der Waals surface area contributed by atoms with Gasteiger partial charge in [0.2, 0.25) is 10.0 Å². The Balaban J connectivity index is 2.67. The van der Waals surface area contributed by atoms with Gasteiger partial charge in [0.15, 0.2) is 6.61 Å². The van der Waals surface area contributed by atoms with Gasteiger partial charge in [0.25, 0.3) is 11.6 Å². The van der Waals surface area contributed by atoms with Crippen LogP contribution in [0.15, 0.2) is 23.1 Å². The fraction of sp³-hybridized carbons (Fsp3) is 0.471. The third-order valence-corrected chi connectivity index (χ3v) is 4.85. The van der Waals surface area contributed by atoms with E-state index >= 15 is 0 Å². The number of benzene rings is 1. The van der Waals surface area contributed by atoms with Gasteiger partial charge in [0, 0.05) is 25.7 Å². The largest absolute Gasteiger partial charge is 0.455 e. The summed E-state index contributed by atoms with van der Waals surface area (Å²) in [6, 6.07) is 2.50. The number of carbonyl (C=O) groups excluding carboxylic acids is 3. The van der Waals surface area contributed by atoms with Gasteiger partial charge in [-0.1, -0.05) is 0 Å². The molecule has 3 amide bonds. The van der Waals surface area contributed by atoms with Gasteiger partial charge in [-0.05, 0) is 32.9 Å². The molecule has 1 aromatic rings. The number of rotatable bonds is 8. The molecule has 0 heterocycles. The van der Waals surface area contributed by atoms with Crippen LogP contribution in [0, 0.1) is 10.1 Å². The highest BCUT2D eigenvalue weighted by Gasteiger charge is 2.23. The quantitative estimate of drug-likeness (QED) is 0.276. The van der Waals surface area contributed by atoms with E-state index in [-0.39, 0.29) is 5.69 Å². The number of amides is 3. The van der Waals surface area contributed by atoms with Crippen LogP contribution in [-0.4, -0.2) is 64.0 Å². The number of imide groups is 1. The second-order valence-electron chi connectivity index (χ2n) is 7.54. The van der Waals surface area contributed by atoms with Gasteiger partial charge in [-0.2, -0.15) is 4.72 Å². The van der Waals surface area contributed by atoms with Crippen molar-refractivity contribution in [1.29, 1.82) is 0 Å². The molecule has 172 valence electrons. The normalized spacial score (nSPS) is 11.4. The van der Waals surface area contributed by atoms with Crippen molar-refractivity contribution < 1.29 is 32.5 Å². The van der Waals surface area contributed by atoms with Crippen LogP contribution in [0.3, 0.4) is 0 Å². The van der Waals surface area contributed by atoms with Gasteiger partial charge < -0.3 is 15.0 Å². The molecule has 1 rings (SSSR count). The number of carbonyl (C=O) groups is 3. The highest BCUT2D eigenvalue weighted by atomic mass is 32.2. The predicted molar refractivity (Wildman–Crippen MR) is 110 cm³/mol. The summed E-state index contributed by atoms with van der Waals surface area (Å²) in [6.45, 7) is 3.47. The maximum Gasteiger partial charge on any atom is 0.321 e. The number of nitro groups is 1. The Kier molecular flexibility index (Phi) is 8.46. The SMILES string of the molecule is CN(C)c1ccc(S(=O)(=O)NCC(=O)OCC(=O)NC(=O)NC(C)(C)C)cc1[N+](=O)[O-]. The molecule has 0 fully saturated rings. The topological polar surface area (TPSA) is 177 Å². The van der Waals surface area contributed by atoms with Crippen LogP contribution in [0.4, 0.5) is 16.2 Å². The molecule has 0 aliphatic rings. The first kappa shape index (κ1) is 25.8. The van der Waals surface area contributed by atoms with E-state index in [1.807, 2.05) is 10.0 Å². The van der Waals surface area contributed by atoms with E-state index in [4.69, 9.17) is 0 Å². The fourth-order valence-electron chi connectivity index (χ4n) is 2.16. The molecule has 1 aromatic carbocycles. The Morgan fingerprint density at radius 1 is 1.19 bits per heavy atom. The highest BCUT2D eigenvalue weighted by Crippen LogP contribution is 2.29. The first-order chi connectivity index (χ1) is 14.1. The number of nitro benzene ring substituents is 1. The lowest BCUT2D eigenvalue weighted by atomic mass is 10.1. The van der Waals surface area contributed by atoms with Crippen LogP contribution in [0.1, 0.15) is 20.8 Å². The van der Waals surface area contributed by atoms with Crippen LogP contribution in [-0.2, 0) is 24.3 Å². The van der Waals surface area contributed by atoms with Gasteiger partial charge in [-0.25, -0.2) is 13.2 Å². The first-order valence-corrected chi connectivity index (χ1v) is 10.3. The van der Waals surface area contributed by atoms with E-state index in [0.29, 0.717) is 0 Å². The number of ether oxygens (including phenoxy) is 1. The molecule has 31 heavy (non-hydrogen) atoms. The lowest BCUT2D eigenvalue weighted by Gasteiger charge is -2.20. The number of nitrogens with one attached hydrogen (secondary N) is 3. The van der Waals surface area contributed by atoms with Crippen LogP contribution < -0.4 is 20.3 Å². The molecule has 3 N–H and O–H groups in total. The molecule has 0 aliphatic heterocycles. The van der Waals surface area contributed by atoms with Gasteiger partial charge in [-0.15, -0.1) is 0 Å². The number of nitrogens with zero attached hydrogens (tertiary/aromatic N) is 2. The second-order valence-corrected chi connectivity index (χ2v) is 9.31. The summed E-state index contributed by atoms with van der Waals surface area (Å²) >= 11 is 0. The minimum absolute atomic E-state index is 0.199. The van der Waals surface area contributed by atoms with Gasteiger partial charge in [0.05, 0.1) is 9.82 Å². The summed E-state index contributed by atoms with van der Waals surface area (Å²) in [6.07, 6.45) is 0. The van der Waals surface area contributed by atoms with Crippen molar-refractivity contribution in [3.8, 4) is 0 Å². The average Bonchev–Trinajstić information content (AvgIpc) is 2.62. The molecule has 0 spiro atoms. The molecular weight excluding hydrogens is 434 g/mol. The fourth-order valence-corrected chi connectivity index (χ4v) is 3.15. The Morgan fingerprint density at radius 3 is 2.32 bits per heavy atom. The first-order valence-electron chi connectivity index (χ1n) is 8.85. The van der Waals surface area contributed by atoms with E-state index in [9.17, 15) is 32.9 Å². The van der Waals surface area contributed by atoms with Gasteiger partial charge in [-0.3, -0.25) is 25.0 Å². The summed E-state index contributed by atoms with van der Waals surface area (Å²) in [5, 5.41) is 15.6. The van der Waals surface area contributed by atoms with Gasteiger partial charge >= 0.3 is 12.0 Å². The van der Waals surface area contributed by atoms with Gasteiger partial charge in [0.1, 0.15) is 12.2 Å². The van der Waals surface area contributed by atoms with Crippen molar-refractivity contribution in [2.75, 3.05) is 32.1 Å². The van der Waals surface area contributed by atoms with Crippen molar-refractivity contribution in [3.63, 3.8) is 0 Å². The monoisotopic (exact) mass is 459 g/mol. The maximum absolute atomic E-state index is 12.3. The number of esters is 1. The predicted octanol–water partition coefficient (Wildman–Crippen LogP) is 0.107. The smallest absolute Gasteiger partial charge is 0.321 e. The minimum atomic E-state index is -4.27. The number of hydrogen-bond donors (Lipinski definition) is 3. The summed E-state index contributed by atoms with van der Waals surface area (Å²) in [5.41, 5.74) is -0.815. The molecular formula is C17H25N5O8S. The van der Waals surface area contributed by atoms with Crippen molar-refractivity contribution in [2.45, 2.75) is 31.2 Å². The zero-order valence-electron chi connectivity index (χ0n) is 17.7. The molecule has 0 aromatic heterocycles. The van der Waals surface area contributed by atoms with Crippen molar-refractivity contribution >= 4 is 39.3 Å². The number of urea groups is 1. The zero-order chi connectivity index (χ0) is 24.0. The summed E-state index contributed by atoms with van der Waals surface area (Å²) in [7, 11) is -1.14. The average molecular weight is 459 g/mol. The number of anilines is 1. The van der Waals surface area contributed by atoms with Crippen LogP contribution in [0.2, 0.25) is 0 Å². The number of sulfonamides is 1. The lowest BCUT2D eigenvalue weighted by molar-refractivity contribution is -0.384. The third-order valence-electron chi connectivity index (χ3n) is 3.45. The standard InChI is InChI=1S/C17H25N5O8S/c1-17(2,3)20-16(25)19-14(23)10-30-15(24)9-18-31(28,29)11-6-7-12(21(4)5)13(8-11)22(26)27/h6-8,18H,9-10H2,1-5H3,(H2,19,20,23,25). The Labute approximate surface area is 179 Å². The molecule has 0 aliphatic carbocycles. The molecule has 0 unspecified atom stereocenters. The minimum Gasteiger partial charge on any atom is -0.455 e. The molecule has 14 heteroatoms. The van der Waals surface area contributed by atoms with Crippen LogP contribution in [0.25, 0.3) is 0 Å². The Hall–Kier alpha value is -3.26. The third kappa shape index (κ3) is 8.55. The number of hydrogen-bond acceptors (Lipinski definition) is 9. The van der Waals surface area contributed by atoms with Crippen LogP contribution in [0.5, 0.6) is 0 Å². The maximum atomic E-state index is 12.3. The van der Waals surface area contributed by atoms with Crippen molar-refractivity contribution in [2.24, 2.45) is 0 Å². The molecule has 0 atom stereocenters. The molecule has 13 nitrogen and oxygen atoms in total. The van der Waals surface area contributed by atoms with E-state index in [1.54, 1.807) is 34.9 Å².